The average molecular weight is 481 g/mol. The maximum atomic E-state index is 3.39. The summed E-state index contributed by atoms with van der Waals surface area (Å²) in [6.45, 7) is 0. The minimum absolute atomic E-state index is 1.04. The first-order valence-corrected chi connectivity index (χ1v) is 13.7. The molecule has 0 fully saturated rings. The van der Waals surface area contributed by atoms with E-state index in [1.54, 1.807) is 0 Å². The number of rotatable bonds is 0. The molecule has 4 aromatic carbocycles. The van der Waals surface area contributed by atoms with E-state index in [9.17, 15) is 0 Å². The van der Waals surface area contributed by atoms with E-state index in [2.05, 4.69) is 88.1 Å². The lowest BCUT2D eigenvalue weighted by atomic mass is 9.97. The van der Waals surface area contributed by atoms with Crippen molar-refractivity contribution in [3.63, 3.8) is 0 Å². The zero-order valence-electron chi connectivity index (χ0n) is 16.9. The summed E-state index contributed by atoms with van der Waals surface area (Å²) in [5.74, 6) is 6.71. The predicted octanol–water partition coefficient (Wildman–Crippen LogP) is 7.43. The summed E-state index contributed by atoms with van der Waals surface area (Å²) >= 11 is 7.26. The van der Waals surface area contributed by atoms with Gasteiger partial charge >= 0.3 is 0 Å². The molecule has 0 bridgehead atoms. The topological polar surface area (TPSA) is 0 Å². The number of benzene rings is 4. The molecule has 152 valence electrons. The molecule has 0 aromatic heterocycles. The summed E-state index contributed by atoms with van der Waals surface area (Å²) in [6.07, 6.45) is 0. The van der Waals surface area contributed by atoms with Crippen LogP contribution in [0.25, 0.3) is 30.0 Å². The summed E-state index contributed by atoms with van der Waals surface area (Å²) < 4.78 is 2.68. The van der Waals surface area contributed by atoms with Crippen molar-refractivity contribution in [3.8, 4) is 11.8 Å². The Balaban J connectivity index is 1.72. The van der Waals surface area contributed by atoms with E-state index < -0.39 is 0 Å². The molecule has 0 amide bonds. The van der Waals surface area contributed by atoms with Gasteiger partial charge in [-0.25, -0.2) is 0 Å². The van der Waals surface area contributed by atoms with Crippen LogP contribution >= 0.6 is 47.0 Å². The predicted molar refractivity (Wildman–Crippen MR) is 149 cm³/mol. The van der Waals surface area contributed by atoms with Crippen molar-refractivity contribution in [2.75, 3.05) is 0 Å². The Kier molecular flexibility index (Phi) is 5.58. The second-order valence-corrected chi connectivity index (χ2v) is 11.4. The molecule has 2 aliphatic heterocycles. The van der Waals surface area contributed by atoms with Crippen molar-refractivity contribution in [2.45, 2.75) is 0 Å². The second-order valence-electron chi connectivity index (χ2n) is 7.26. The summed E-state index contributed by atoms with van der Waals surface area (Å²) in [4.78, 5) is 0. The standard InChI is InChI=1S/C28H16S4/c1-2-6-19(7-3-1)10-11-20-12-13-23-24(18-20)26(28-31-16-17-32-28)22-9-5-4-8-21(22)25(23)27-29-14-15-30-27/h1-9,12-18H. The SMILES string of the molecule is C(#Cc1ccc2c(=C3SC=CS3)c3ccccc3c(=C3SC=CS3)c2c1)c1ccccc1. The van der Waals surface area contributed by atoms with Gasteiger partial charge in [-0.15, -0.1) is 0 Å². The average Bonchev–Trinajstić information content (AvgIpc) is 3.56. The molecule has 0 saturated carbocycles. The molecule has 0 saturated heterocycles. The highest BCUT2D eigenvalue weighted by atomic mass is 32.2. The summed E-state index contributed by atoms with van der Waals surface area (Å²) in [5.41, 5.74) is 2.08. The lowest BCUT2D eigenvalue weighted by Crippen LogP contribution is -2.17. The van der Waals surface area contributed by atoms with Gasteiger partial charge in [0.15, 0.2) is 0 Å². The molecular weight excluding hydrogens is 465 g/mol. The van der Waals surface area contributed by atoms with Crippen LogP contribution in [0.2, 0.25) is 0 Å². The Bertz CT molecular complexity index is 1600. The van der Waals surface area contributed by atoms with Crippen molar-refractivity contribution < 1.29 is 0 Å². The highest BCUT2D eigenvalue weighted by Crippen LogP contribution is 2.41. The van der Waals surface area contributed by atoms with Crippen LogP contribution in [0.1, 0.15) is 11.1 Å². The van der Waals surface area contributed by atoms with Crippen LogP contribution < -0.4 is 10.4 Å². The molecule has 0 N–H and O–H groups in total. The number of hydrogen-bond donors (Lipinski definition) is 0. The summed E-state index contributed by atoms with van der Waals surface area (Å²) in [5, 5.41) is 16.6. The first kappa shape index (κ1) is 20.2. The molecule has 6 rings (SSSR count). The first-order valence-electron chi connectivity index (χ1n) is 10.2. The molecule has 2 heterocycles. The largest absolute Gasteiger partial charge is 0.0895 e. The number of fused-ring (bicyclic) bond motifs is 2. The van der Waals surface area contributed by atoms with Crippen molar-refractivity contribution in [1.82, 2.24) is 0 Å². The Hall–Kier alpha value is -2.42. The van der Waals surface area contributed by atoms with Crippen LogP contribution in [0.15, 0.2) is 94.4 Å². The molecule has 0 spiro atoms. The fourth-order valence-corrected chi connectivity index (χ4v) is 7.86. The van der Waals surface area contributed by atoms with Gasteiger partial charge in [0.1, 0.15) is 0 Å². The third kappa shape index (κ3) is 3.70. The molecule has 0 aliphatic carbocycles. The van der Waals surface area contributed by atoms with Crippen LogP contribution in [-0.4, -0.2) is 0 Å². The maximum absolute atomic E-state index is 3.39. The fourth-order valence-electron chi connectivity index (χ4n) is 4.01. The lowest BCUT2D eigenvalue weighted by Gasteiger charge is -2.11. The van der Waals surface area contributed by atoms with Crippen molar-refractivity contribution in [2.24, 2.45) is 0 Å². The maximum Gasteiger partial charge on any atom is 0.0571 e. The molecular formula is C28H16S4. The molecule has 0 radical (unpaired) electrons. The van der Waals surface area contributed by atoms with Gasteiger partial charge in [-0.05, 0) is 67.4 Å². The van der Waals surface area contributed by atoms with Gasteiger partial charge in [0.05, 0.1) is 8.47 Å². The zero-order chi connectivity index (χ0) is 21.3. The van der Waals surface area contributed by atoms with Crippen molar-refractivity contribution >= 4 is 77.1 Å². The van der Waals surface area contributed by atoms with Gasteiger partial charge in [0, 0.05) is 21.6 Å². The lowest BCUT2D eigenvalue weighted by molar-refractivity contribution is 1.63. The molecule has 0 unspecified atom stereocenters. The van der Waals surface area contributed by atoms with Crippen LogP contribution in [-0.2, 0) is 0 Å². The third-order valence-corrected chi connectivity index (χ3v) is 9.63. The summed E-state index contributed by atoms with van der Waals surface area (Å²) in [7, 11) is 0. The van der Waals surface area contributed by atoms with E-state index in [1.165, 1.54) is 40.5 Å². The van der Waals surface area contributed by atoms with E-state index in [-0.39, 0.29) is 0 Å². The van der Waals surface area contributed by atoms with Gasteiger partial charge in [-0.1, -0.05) is 107 Å². The van der Waals surface area contributed by atoms with E-state index in [4.69, 9.17) is 0 Å². The highest BCUT2D eigenvalue weighted by molar-refractivity contribution is 8.35. The van der Waals surface area contributed by atoms with Crippen LogP contribution in [0.5, 0.6) is 0 Å². The number of hydrogen-bond acceptors (Lipinski definition) is 4. The summed E-state index contributed by atoms with van der Waals surface area (Å²) in [6, 6.07) is 25.7. The second kappa shape index (κ2) is 8.84. The minimum Gasteiger partial charge on any atom is -0.0895 e. The smallest absolute Gasteiger partial charge is 0.0571 e. The van der Waals surface area contributed by atoms with Gasteiger partial charge < -0.3 is 0 Å². The molecule has 0 nitrogen and oxygen atoms in total. The van der Waals surface area contributed by atoms with E-state index >= 15 is 0 Å². The molecule has 4 heteroatoms. The van der Waals surface area contributed by atoms with Gasteiger partial charge in [0.2, 0.25) is 0 Å². The van der Waals surface area contributed by atoms with Crippen LogP contribution in [0, 0.1) is 11.8 Å². The molecule has 0 atom stereocenters. The fraction of sp³-hybridized carbons (Fsp3) is 0. The molecule has 2 aliphatic rings. The normalized spacial score (nSPS) is 15.0. The monoisotopic (exact) mass is 480 g/mol. The first-order chi connectivity index (χ1) is 15.9. The van der Waals surface area contributed by atoms with Crippen LogP contribution in [0.3, 0.4) is 0 Å². The molecule has 32 heavy (non-hydrogen) atoms. The van der Waals surface area contributed by atoms with Gasteiger partial charge in [-0.3, -0.25) is 0 Å². The van der Waals surface area contributed by atoms with Crippen molar-refractivity contribution in [3.05, 3.63) is 116 Å². The van der Waals surface area contributed by atoms with Crippen LogP contribution in [0.4, 0.5) is 0 Å². The molecule has 4 aromatic rings. The van der Waals surface area contributed by atoms with E-state index in [0.717, 1.165) is 11.1 Å². The van der Waals surface area contributed by atoms with Gasteiger partial charge in [0.25, 0.3) is 0 Å². The van der Waals surface area contributed by atoms with Crippen molar-refractivity contribution in [1.29, 1.82) is 0 Å². The minimum atomic E-state index is 1.04. The zero-order valence-corrected chi connectivity index (χ0v) is 20.1. The van der Waals surface area contributed by atoms with Gasteiger partial charge in [-0.2, -0.15) is 0 Å². The quantitative estimate of drug-likeness (QED) is 0.189. The van der Waals surface area contributed by atoms with E-state index in [1.807, 2.05) is 65.2 Å². The Labute approximate surface area is 203 Å². The van der Waals surface area contributed by atoms with E-state index in [0.29, 0.717) is 0 Å². The number of thioether (sulfide) groups is 4. The highest BCUT2D eigenvalue weighted by Gasteiger charge is 2.15. The third-order valence-electron chi connectivity index (χ3n) is 5.37. The Morgan fingerprint density at radius 1 is 0.438 bits per heavy atom. The Morgan fingerprint density at radius 3 is 1.56 bits per heavy atom. The Morgan fingerprint density at radius 2 is 0.938 bits per heavy atom.